The molecule has 2 aliphatic heterocycles. The third-order valence-electron chi connectivity index (χ3n) is 7.48. The summed E-state index contributed by atoms with van der Waals surface area (Å²) in [7, 11) is 1.65. The predicted octanol–water partition coefficient (Wildman–Crippen LogP) is 4.77. The summed E-state index contributed by atoms with van der Waals surface area (Å²) in [5.74, 6) is 3.47. The van der Waals surface area contributed by atoms with E-state index in [1.54, 1.807) is 19.5 Å². The van der Waals surface area contributed by atoms with Crippen molar-refractivity contribution in [2.45, 2.75) is 17.5 Å². The fraction of sp³-hybridized carbons (Fsp3) is 0.258. The lowest BCUT2D eigenvalue weighted by Crippen LogP contribution is -2.48. The number of thioether (sulfide) groups is 1. The van der Waals surface area contributed by atoms with E-state index >= 15 is 0 Å². The fourth-order valence-corrected chi connectivity index (χ4v) is 6.98. The van der Waals surface area contributed by atoms with E-state index in [1.807, 2.05) is 63.4 Å². The van der Waals surface area contributed by atoms with Gasteiger partial charge < -0.3 is 19.1 Å². The molecule has 7 rings (SSSR count). The molecule has 11 nitrogen and oxygen atoms in total. The number of benzene rings is 2. The second kappa shape index (κ2) is 12.6. The van der Waals surface area contributed by atoms with E-state index in [9.17, 15) is 4.79 Å². The van der Waals surface area contributed by atoms with Crippen LogP contribution in [0, 0.1) is 0 Å². The number of hydrogen-bond acceptors (Lipinski definition) is 11. The van der Waals surface area contributed by atoms with E-state index < -0.39 is 0 Å². The average Bonchev–Trinajstić information content (AvgIpc) is 3.84. The van der Waals surface area contributed by atoms with Gasteiger partial charge in [-0.25, -0.2) is 4.98 Å². The molecular formula is C31H29N7O4S2. The summed E-state index contributed by atoms with van der Waals surface area (Å²) in [4.78, 5) is 26.5. The lowest BCUT2D eigenvalue weighted by molar-refractivity contribution is 0.0623. The molecule has 0 atom stereocenters. The van der Waals surface area contributed by atoms with Crippen molar-refractivity contribution in [3.05, 3.63) is 88.6 Å². The van der Waals surface area contributed by atoms with Crippen LogP contribution < -0.4 is 14.2 Å². The summed E-state index contributed by atoms with van der Waals surface area (Å²) in [6, 6.07) is 17.6. The fourth-order valence-electron chi connectivity index (χ4n) is 5.25. The van der Waals surface area contributed by atoms with E-state index in [0.717, 1.165) is 47.4 Å². The second-order valence-corrected chi connectivity index (χ2v) is 12.1. The van der Waals surface area contributed by atoms with Crippen LogP contribution in [0.1, 0.15) is 21.1 Å². The van der Waals surface area contributed by atoms with Crippen LogP contribution in [0.3, 0.4) is 0 Å². The van der Waals surface area contributed by atoms with Gasteiger partial charge in [-0.15, -0.1) is 21.5 Å². The first-order chi connectivity index (χ1) is 21.7. The van der Waals surface area contributed by atoms with Gasteiger partial charge in [0.1, 0.15) is 16.5 Å². The topological polar surface area (TPSA) is 108 Å². The summed E-state index contributed by atoms with van der Waals surface area (Å²) in [5, 5.41) is 12.4. The number of nitrogens with zero attached hydrogens (tertiary/aromatic N) is 7. The number of carbonyl (C=O) groups excluding carboxylic acids is 1. The van der Waals surface area contributed by atoms with Crippen LogP contribution in [0.4, 0.5) is 0 Å². The molecule has 44 heavy (non-hydrogen) atoms. The van der Waals surface area contributed by atoms with Gasteiger partial charge in [-0.2, -0.15) is 0 Å². The number of thiazole rings is 1. The SMILES string of the molecule is COc1ccccc1-n1c(SCc2nc(C(=O)N3CCN(Cc4ccc5c(c4)OCO5)CC3)cs2)nnc1-c1cccnc1. The van der Waals surface area contributed by atoms with Crippen molar-refractivity contribution in [1.82, 2.24) is 34.5 Å². The Hall–Kier alpha value is -4.46. The van der Waals surface area contributed by atoms with Gasteiger partial charge in [0.15, 0.2) is 22.5 Å². The highest BCUT2D eigenvalue weighted by Crippen LogP contribution is 2.35. The normalized spacial score (nSPS) is 14.6. The van der Waals surface area contributed by atoms with Crippen LogP contribution in [0.15, 0.2) is 77.5 Å². The van der Waals surface area contributed by atoms with Gasteiger partial charge >= 0.3 is 0 Å². The van der Waals surface area contributed by atoms with E-state index in [0.29, 0.717) is 41.3 Å². The van der Waals surface area contributed by atoms with E-state index in [1.165, 1.54) is 28.7 Å². The minimum atomic E-state index is -0.0312. The Morgan fingerprint density at radius 1 is 1.02 bits per heavy atom. The van der Waals surface area contributed by atoms with Crippen LogP contribution in [-0.4, -0.2) is 80.5 Å². The third-order valence-corrected chi connectivity index (χ3v) is 9.45. The number of rotatable bonds is 9. The Labute approximate surface area is 262 Å². The maximum Gasteiger partial charge on any atom is 0.273 e. The van der Waals surface area contributed by atoms with Crippen molar-refractivity contribution in [1.29, 1.82) is 0 Å². The number of methoxy groups -OCH3 is 1. The highest BCUT2D eigenvalue weighted by Gasteiger charge is 2.25. The first kappa shape index (κ1) is 28.3. The predicted molar refractivity (Wildman–Crippen MR) is 167 cm³/mol. The molecule has 0 spiro atoms. The molecule has 224 valence electrons. The molecule has 0 radical (unpaired) electrons. The van der Waals surface area contributed by atoms with Crippen molar-refractivity contribution in [2.75, 3.05) is 40.1 Å². The van der Waals surface area contributed by atoms with Crippen molar-refractivity contribution in [3.63, 3.8) is 0 Å². The summed E-state index contributed by atoms with van der Waals surface area (Å²) in [6.07, 6.45) is 3.49. The van der Waals surface area contributed by atoms with Crippen molar-refractivity contribution < 1.29 is 19.0 Å². The number of carbonyl (C=O) groups is 1. The molecule has 2 aliphatic rings. The van der Waals surface area contributed by atoms with Gasteiger partial charge in [0.2, 0.25) is 6.79 Å². The summed E-state index contributed by atoms with van der Waals surface area (Å²) < 4.78 is 18.6. The molecule has 0 bridgehead atoms. The molecule has 13 heteroatoms. The first-order valence-electron chi connectivity index (χ1n) is 14.1. The van der Waals surface area contributed by atoms with Gasteiger partial charge in [0.05, 0.1) is 18.6 Å². The van der Waals surface area contributed by atoms with Crippen LogP contribution in [0.25, 0.3) is 17.1 Å². The molecule has 0 aliphatic carbocycles. The highest BCUT2D eigenvalue weighted by molar-refractivity contribution is 7.98. The zero-order valence-corrected chi connectivity index (χ0v) is 25.6. The molecular weight excluding hydrogens is 599 g/mol. The van der Waals surface area contributed by atoms with Crippen LogP contribution in [0.2, 0.25) is 0 Å². The maximum atomic E-state index is 13.3. The molecule has 0 unspecified atom stereocenters. The number of aromatic nitrogens is 5. The van der Waals surface area contributed by atoms with Gasteiger partial charge in [-0.3, -0.25) is 19.2 Å². The Bertz CT molecular complexity index is 1770. The molecule has 1 saturated heterocycles. The summed E-state index contributed by atoms with van der Waals surface area (Å²) in [6.45, 7) is 3.98. The quantitative estimate of drug-likeness (QED) is 0.212. The average molecular weight is 628 g/mol. The Morgan fingerprint density at radius 3 is 2.73 bits per heavy atom. The van der Waals surface area contributed by atoms with E-state index in [2.05, 4.69) is 26.1 Å². The Balaban J connectivity index is 1.00. The lowest BCUT2D eigenvalue weighted by atomic mass is 10.1. The standard InChI is InChI=1S/C31H29N7O4S2/c1-40-25-7-3-2-6-24(25)38-29(22-5-4-10-32-16-22)34-35-31(38)44-19-28-33-23(18-43-28)30(39)37-13-11-36(12-14-37)17-21-8-9-26-27(15-21)42-20-41-26/h2-10,15-16,18H,11-14,17,19-20H2,1H3. The van der Waals surface area contributed by atoms with Gasteiger partial charge in [-0.05, 0) is 42.0 Å². The Kier molecular flexibility index (Phi) is 8.14. The minimum Gasteiger partial charge on any atom is -0.495 e. The number of amides is 1. The smallest absolute Gasteiger partial charge is 0.273 e. The van der Waals surface area contributed by atoms with E-state index in [4.69, 9.17) is 19.2 Å². The van der Waals surface area contributed by atoms with Crippen LogP contribution in [-0.2, 0) is 12.3 Å². The molecule has 0 N–H and O–H groups in total. The molecule has 0 saturated carbocycles. The number of para-hydroxylation sites is 2. The monoisotopic (exact) mass is 627 g/mol. The minimum absolute atomic E-state index is 0.0312. The van der Waals surface area contributed by atoms with Crippen molar-refractivity contribution >= 4 is 29.0 Å². The maximum absolute atomic E-state index is 13.3. The molecule has 3 aromatic heterocycles. The second-order valence-electron chi connectivity index (χ2n) is 10.2. The zero-order chi connectivity index (χ0) is 29.9. The number of hydrogen-bond donors (Lipinski definition) is 0. The number of ether oxygens (including phenoxy) is 3. The third kappa shape index (κ3) is 5.85. The largest absolute Gasteiger partial charge is 0.495 e. The number of pyridine rings is 1. The van der Waals surface area contributed by atoms with Crippen molar-refractivity contribution in [2.24, 2.45) is 0 Å². The van der Waals surface area contributed by atoms with Gasteiger partial charge in [0.25, 0.3) is 5.91 Å². The molecule has 5 heterocycles. The lowest BCUT2D eigenvalue weighted by Gasteiger charge is -2.34. The van der Waals surface area contributed by atoms with Crippen molar-refractivity contribution in [3.8, 4) is 34.3 Å². The molecule has 5 aromatic rings. The molecule has 1 fully saturated rings. The zero-order valence-electron chi connectivity index (χ0n) is 24.0. The van der Waals surface area contributed by atoms with Gasteiger partial charge in [-0.1, -0.05) is 30.0 Å². The summed E-state index contributed by atoms with van der Waals surface area (Å²) in [5.41, 5.74) is 3.33. The summed E-state index contributed by atoms with van der Waals surface area (Å²) >= 11 is 2.99. The molecule has 2 aromatic carbocycles. The molecule has 1 amide bonds. The van der Waals surface area contributed by atoms with E-state index in [-0.39, 0.29) is 12.7 Å². The highest BCUT2D eigenvalue weighted by atomic mass is 32.2. The van der Waals surface area contributed by atoms with Crippen LogP contribution in [0.5, 0.6) is 17.2 Å². The number of piperazine rings is 1. The number of fused-ring (bicyclic) bond motifs is 1. The van der Waals surface area contributed by atoms with Crippen LogP contribution >= 0.6 is 23.1 Å². The Morgan fingerprint density at radius 2 is 1.89 bits per heavy atom. The van der Waals surface area contributed by atoms with Gasteiger partial charge in [0, 0.05) is 56.1 Å². The first-order valence-corrected chi connectivity index (χ1v) is 16.0.